The Balaban J connectivity index is 2.38. The molecule has 0 aliphatic carbocycles. The van der Waals surface area contributed by atoms with Crippen LogP contribution in [0.25, 0.3) is 0 Å². The monoisotopic (exact) mass is 333 g/mol. The number of urea groups is 1. The maximum Gasteiger partial charge on any atom is 0.331 e. The number of rotatable bonds is 2. The first-order valence-corrected chi connectivity index (χ1v) is 8.99. The van der Waals surface area contributed by atoms with E-state index in [2.05, 4.69) is 46.8 Å². The molecule has 2 amide bonds. The minimum atomic E-state index is -0.197. The number of carbonyl (C=O) groups excluding carboxylic acids is 1. The SMILES string of the molecule is Cc1ccc(N2CS/C(=N\C(C)(C)C)N(C(C)C)C2=O)c(C)c1. The fourth-order valence-electron chi connectivity index (χ4n) is 2.55. The Hall–Kier alpha value is -1.49. The predicted octanol–water partition coefficient (Wildman–Crippen LogP) is 4.80. The fraction of sp³-hybridized carbons (Fsp3) is 0.556. The first-order valence-electron chi connectivity index (χ1n) is 8.01. The lowest BCUT2D eigenvalue weighted by atomic mass is 10.1. The maximum absolute atomic E-state index is 13.1. The van der Waals surface area contributed by atoms with Crippen LogP contribution in [0.3, 0.4) is 0 Å². The topological polar surface area (TPSA) is 35.9 Å². The summed E-state index contributed by atoms with van der Waals surface area (Å²) in [5.74, 6) is 0.598. The summed E-state index contributed by atoms with van der Waals surface area (Å²) in [6.07, 6.45) is 0. The molecule has 1 aliphatic heterocycles. The van der Waals surface area contributed by atoms with Crippen molar-refractivity contribution in [2.45, 2.75) is 60.0 Å². The van der Waals surface area contributed by atoms with Crippen LogP contribution < -0.4 is 4.90 Å². The van der Waals surface area contributed by atoms with Gasteiger partial charge in [0.2, 0.25) is 0 Å². The van der Waals surface area contributed by atoms with Gasteiger partial charge < -0.3 is 0 Å². The van der Waals surface area contributed by atoms with Gasteiger partial charge in [-0.1, -0.05) is 29.5 Å². The van der Waals surface area contributed by atoms with E-state index in [1.807, 2.05) is 24.8 Å². The molecule has 0 N–H and O–H groups in total. The molecule has 1 aromatic rings. The van der Waals surface area contributed by atoms with Crippen LogP contribution >= 0.6 is 11.8 Å². The van der Waals surface area contributed by atoms with Crippen LogP contribution in [0, 0.1) is 13.8 Å². The molecule has 1 heterocycles. The zero-order chi connectivity index (χ0) is 17.4. The summed E-state index contributed by atoms with van der Waals surface area (Å²) in [5, 5.41) is 0.818. The Morgan fingerprint density at radius 3 is 2.39 bits per heavy atom. The van der Waals surface area contributed by atoms with Gasteiger partial charge in [-0.2, -0.15) is 0 Å². The van der Waals surface area contributed by atoms with Crippen LogP contribution in [0.1, 0.15) is 45.7 Å². The van der Waals surface area contributed by atoms with Crippen LogP contribution in [0.5, 0.6) is 0 Å². The Morgan fingerprint density at radius 1 is 1.22 bits per heavy atom. The number of hydrogen-bond donors (Lipinski definition) is 0. The van der Waals surface area contributed by atoms with Crippen LogP contribution in [0.2, 0.25) is 0 Å². The third-order valence-electron chi connectivity index (χ3n) is 3.56. The molecule has 5 heteroatoms. The van der Waals surface area contributed by atoms with Gasteiger partial charge in [0.1, 0.15) is 0 Å². The number of anilines is 1. The van der Waals surface area contributed by atoms with Gasteiger partial charge in [-0.3, -0.25) is 14.8 Å². The van der Waals surface area contributed by atoms with Crippen molar-refractivity contribution >= 4 is 28.6 Å². The van der Waals surface area contributed by atoms with Crippen LogP contribution in [0.4, 0.5) is 10.5 Å². The molecule has 23 heavy (non-hydrogen) atoms. The number of hydrogen-bond acceptors (Lipinski definition) is 3. The van der Waals surface area contributed by atoms with E-state index in [4.69, 9.17) is 4.99 Å². The van der Waals surface area contributed by atoms with E-state index in [0.29, 0.717) is 5.88 Å². The molecule has 4 nitrogen and oxygen atoms in total. The summed E-state index contributed by atoms with van der Waals surface area (Å²) in [4.78, 5) is 21.5. The van der Waals surface area contributed by atoms with E-state index in [1.54, 1.807) is 16.7 Å². The molecule has 0 spiro atoms. The molecule has 1 aliphatic rings. The average Bonchev–Trinajstić information content (AvgIpc) is 2.38. The lowest BCUT2D eigenvalue weighted by Gasteiger charge is -2.39. The number of aryl methyl sites for hydroxylation is 2. The van der Waals surface area contributed by atoms with E-state index < -0.39 is 0 Å². The Morgan fingerprint density at radius 2 is 1.87 bits per heavy atom. The van der Waals surface area contributed by atoms with Crippen LogP contribution in [0.15, 0.2) is 23.2 Å². The number of thioether (sulfide) groups is 1. The minimum Gasteiger partial charge on any atom is -0.284 e. The smallest absolute Gasteiger partial charge is 0.284 e. The number of nitrogens with zero attached hydrogens (tertiary/aromatic N) is 3. The summed E-state index contributed by atoms with van der Waals surface area (Å²) in [6, 6.07) is 6.29. The van der Waals surface area contributed by atoms with Crippen molar-refractivity contribution in [1.82, 2.24) is 4.90 Å². The second-order valence-electron chi connectivity index (χ2n) is 7.30. The molecular weight excluding hydrogens is 306 g/mol. The quantitative estimate of drug-likeness (QED) is 0.779. The highest BCUT2D eigenvalue weighted by Gasteiger charge is 2.35. The maximum atomic E-state index is 13.1. The predicted molar refractivity (Wildman–Crippen MR) is 100 cm³/mol. The van der Waals surface area contributed by atoms with Gasteiger partial charge in [-0.05, 0) is 60.1 Å². The van der Waals surface area contributed by atoms with Gasteiger partial charge in [0.25, 0.3) is 0 Å². The summed E-state index contributed by atoms with van der Waals surface area (Å²) in [5.41, 5.74) is 3.11. The summed E-state index contributed by atoms with van der Waals surface area (Å²) in [7, 11) is 0. The van der Waals surface area contributed by atoms with Gasteiger partial charge in [0.05, 0.1) is 11.4 Å². The third kappa shape index (κ3) is 4.08. The molecule has 0 unspecified atom stereocenters. The Kier molecular flexibility index (Phi) is 5.09. The number of aliphatic imine (C=N–C) groups is 1. The van der Waals surface area contributed by atoms with Gasteiger partial charge in [-0.15, -0.1) is 0 Å². The molecule has 0 aromatic heterocycles. The molecule has 0 bridgehead atoms. The van der Waals surface area contributed by atoms with Crippen LogP contribution in [-0.4, -0.2) is 33.6 Å². The normalized spacial score (nSPS) is 18.3. The van der Waals surface area contributed by atoms with E-state index in [9.17, 15) is 4.79 Å². The van der Waals surface area contributed by atoms with Gasteiger partial charge in [0.15, 0.2) is 5.17 Å². The highest BCUT2D eigenvalue weighted by atomic mass is 32.2. The van der Waals surface area contributed by atoms with Crippen molar-refractivity contribution in [2.75, 3.05) is 10.8 Å². The van der Waals surface area contributed by atoms with Crippen molar-refractivity contribution in [3.8, 4) is 0 Å². The molecule has 1 aromatic carbocycles. The van der Waals surface area contributed by atoms with E-state index in [1.165, 1.54) is 5.56 Å². The van der Waals surface area contributed by atoms with Crippen molar-refractivity contribution < 1.29 is 4.79 Å². The number of benzene rings is 1. The summed E-state index contributed by atoms with van der Waals surface area (Å²) >= 11 is 1.63. The van der Waals surface area contributed by atoms with Crippen molar-refractivity contribution in [2.24, 2.45) is 4.99 Å². The lowest BCUT2D eigenvalue weighted by molar-refractivity contribution is 0.220. The molecular formula is C18H27N3OS. The standard InChI is InChI=1S/C18H27N3OS/c1-12(2)21-16(19-18(5,6)7)23-11-20(17(21)22)15-9-8-13(3)10-14(15)4/h8-10,12H,11H2,1-7H3/b19-16-. The van der Waals surface area contributed by atoms with Crippen molar-refractivity contribution in [3.63, 3.8) is 0 Å². The molecule has 1 fully saturated rings. The minimum absolute atomic E-state index is 0.00806. The van der Waals surface area contributed by atoms with Gasteiger partial charge in [0, 0.05) is 11.7 Å². The zero-order valence-corrected chi connectivity index (χ0v) is 16.0. The summed E-state index contributed by atoms with van der Waals surface area (Å²) in [6.45, 7) is 14.3. The fourth-order valence-corrected chi connectivity index (χ4v) is 3.82. The molecule has 1 saturated heterocycles. The molecule has 126 valence electrons. The second-order valence-corrected chi connectivity index (χ2v) is 8.21. The van der Waals surface area contributed by atoms with E-state index >= 15 is 0 Å². The Labute approximate surface area is 144 Å². The van der Waals surface area contributed by atoms with Gasteiger partial charge in [-0.25, -0.2) is 4.79 Å². The lowest BCUT2D eigenvalue weighted by Crippen LogP contribution is -2.53. The number of carbonyl (C=O) groups is 1. The highest BCUT2D eigenvalue weighted by Crippen LogP contribution is 2.31. The second kappa shape index (κ2) is 6.56. The largest absolute Gasteiger partial charge is 0.331 e. The first kappa shape index (κ1) is 17.9. The highest BCUT2D eigenvalue weighted by molar-refractivity contribution is 8.14. The zero-order valence-electron chi connectivity index (χ0n) is 15.2. The molecule has 0 radical (unpaired) electrons. The molecule has 2 rings (SSSR count). The first-order chi connectivity index (χ1) is 10.6. The summed E-state index contributed by atoms with van der Waals surface area (Å²) < 4.78 is 0. The van der Waals surface area contributed by atoms with Crippen LogP contribution in [-0.2, 0) is 0 Å². The number of amides is 2. The average molecular weight is 334 g/mol. The van der Waals surface area contributed by atoms with Gasteiger partial charge >= 0.3 is 6.03 Å². The Bertz CT molecular complexity index is 632. The number of amidine groups is 1. The van der Waals surface area contributed by atoms with Crippen molar-refractivity contribution in [1.29, 1.82) is 0 Å². The third-order valence-corrected chi connectivity index (χ3v) is 4.49. The molecule has 0 saturated carbocycles. The van der Waals surface area contributed by atoms with E-state index in [-0.39, 0.29) is 17.6 Å². The van der Waals surface area contributed by atoms with E-state index in [0.717, 1.165) is 16.4 Å². The molecule has 0 atom stereocenters. The van der Waals surface area contributed by atoms with Crippen molar-refractivity contribution in [3.05, 3.63) is 29.3 Å².